The van der Waals surface area contributed by atoms with Gasteiger partial charge in [-0.05, 0) is 6.07 Å². The number of hydrogen-bond donors (Lipinski definition) is 3. The van der Waals surface area contributed by atoms with Crippen molar-refractivity contribution in [2.24, 2.45) is 4.99 Å². The van der Waals surface area contributed by atoms with Crippen LogP contribution < -0.4 is 10.6 Å². The number of carbonyl (C=O) groups excluding carboxylic acids is 1. The maximum absolute atomic E-state index is 11.0. The molecule has 7 nitrogen and oxygen atoms in total. The Bertz CT molecular complexity index is 901. The number of amides is 1. The van der Waals surface area contributed by atoms with Gasteiger partial charge in [-0.1, -0.05) is 30.3 Å². The van der Waals surface area contributed by atoms with Crippen LogP contribution in [0.5, 0.6) is 0 Å². The fourth-order valence-electron chi connectivity index (χ4n) is 2.51. The van der Waals surface area contributed by atoms with Crippen molar-refractivity contribution < 1.29 is 4.79 Å². The van der Waals surface area contributed by atoms with Gasteiger partial charge in [0.15, 0.2) is 5.82 Å². The molecule has 0 aliphatic rings. The van der Waals surface area contributed by atoms with Crippen molar-refractivity contribution >= 4 is 29.0 Å². The molecule has 3 aromatic rings. The largest absolute Gasteiger partial charge is 0.368 e. The SMILES string of the molecule is C/N=C/c1cc2c(NCCNC(C)=O)nc(-c3ccccc3)nc2[nH]1. The van der Waals surface area contributed by atoms with Crippen LogP contribution in [0.15, 0.2) is 41.4 Å². The summed E-state index contributed by atoms with van der Waals surface area (Å²) in [5.74, 6) is 1.31. The van der Waals surface area contributed by atoms with Gasteiger partial charge in [-0.2, -0.15) is 0 Å². The summed E-state index contributed by atoms with van der Waals surface area (Å²) in [6.45, 7) is 2.59. The van der Waals surface area contributed by atoms with Gasteiger partial charge < -0.3 is 15.6 Å². The van der Waals surface area contributed by atoms with E-state index in [2.05, 4.69) is 30.6 Å². The van der Waals surface area contributed by atoms with Crippen molar-refractivity contribution in [3.63, 3.8) is 0 Å². The summed E-state index contributed by atoms with van der Waals surface area (Å²) in [5.41, 5.74) is 2.54. The molecular weight excluding hydrogens is 316 g/mol. The average Bonchev–Trinajstić information content (AvgIpc) is 3.02. The Balaban J connectivity index is 1.97. The van der Waals surface area contributed by atoms with Gasteiger partial charge in [0.25, 0.3) is 0 Å². The lowest BCUT2D eigenvalue weighted by Gasteiger charge is -2.09. The third kappa shape index (κ3) is 4.00. The van der Waals surface area contributed by atoms with Crippen LogP contribution in [0.4, 0.5) is 5.82 Å². The van der Waals surface area contributed by atoms with E-state index in [1.165, 1.54) is 6.92 Å². The molecule has 2 aromatic heterocycles. The normalized spacial score (nSPS) is 11.1. The number of aromatic nitrogens is 3. The zero-order valence-electron chi connectivity index (χ0n) is 14.2. The second-order valence-electron chi connectivity index (χ2n) is 5.55. The fourth-order valence-corrected chi connectivity index (χ4v) is 2.51. The Morgan fingerprint density at radius 3 is 2.76 bits per heavy atom. The first-order chi connectivity index (χ1) is 12.2. The van der Waals surface area contributed by atoms with E-state index in [-0.39, 0.29) is 5.91 Å². The molecule has 1 amide bonds. The van der Waals surface area contributed by atoms with Gasteiger partial charge >= 0.3 is 0 Å². The molecule has 0 aliphatic heterocycles. The fraction of sp³-hybridized carbons (Fsp3) is 0.222. The monoisotopic (exact) mass is 336 g/mol. The van der Waals surface area contributed by atoms with Crippen molar-refractivity contribution in [3.8, 4) is 11.4 Å². The Morgan fingerprint density at radius 1 is 1.24 bits per heavy atom. The molecule has 0 saturated heterocycles. The summed E-state index contributed by atoms with van der Waals surface area (Å²) in [5, 5.41) is 6.93. The molecule has 0 unspecified atom stereocenters. The van der Waals surface area contributed by atoms with Crippen molar-refractivity contribution in [2.45, 2.75) is 6.92 Å². The predicted octanol–water partition coefficient (Wildman–Crippen LogP) is 2.22. The smallest absolute Gasteiger partial charge is 0.216 e. The highest BCUT2D eigenvalue weighted by molar-refractivity contribution is 5.94. The lowest BCUT2D eigenvalue weighted by Crippen LogP contribution is -2.26. The number of carbonyl (C=O) groups is 1. The number of anilines is 1. The number of nitrogens with one attached hydrogen (secondary N) is 3. The summed E-state index contributed by atoms with van der Waals surface area (Å²) in [6, 6.07) is 11.8. The van der Waals surface area contributed by atoms with Crippen molar-refractivity contribution in [1.29, 1.82) is 0 Å². The maximum atomic E-state index is 11.0. The first-order valence-electron chi connectivity index (χ1n) is 8.04. The Kier molecular flexibility index (Phi) is 5.03. The summed E-state index contributed by atoms with van der Waals surface area (Å²) in [6.07, 6.45) is 1.74. The van der Waals surface area contributed by atoms with Crippen LogP contribution in [0, 0.1) is 0 Å². The summed E-state index contributed by atoms with van der Waals surface area (Å²) in [7, 11) is 1.72. The van der Waals surface area contributed by atoms with Crippen LogP contribution in [0.1, 0.15) is 12.6 Å². The number of rotatable bonds is 6. The molecule has 0 radical (unpaired) electrons. The second-order valence-corrected chi connectivity index (χ2v) is 5.55. The minimum Gasteiger partial charge on any atom is -0.368 e. The van der Waals surface area contributed by atoms with Crippen LogP contribution in [-0.2, 0) is 4.79 Å². The topological polar surface area (TPSA) is 95.1 Å². The first-order valence-corrected chi connectivity index (χ1v) is 8.04. The number of benzene rings is 1. The maximum Gasteiger partial charge on any atom is 0.216 e. The zero-order valence-corrected chi connectivity index (χ0v) is 14.2. The van der Waals surface area contributed by atoms with Crippen molar-refractivity contribution in [1.82, 2.24) is 20.3 Å². The van der Waals surface area contributed by atoms with E-state index in [4.69, 9.17) is 0 Å². The number of aromatic amines is 1. The number of hydrogen-bond acceptors (Lipinski definition) is 5. The van der Waals surface area contributed by atoms with E-state index in [1.807, 2.05) is 36.4 Å². The molecule has 25 heavy (non-hydrogen) atoms. The average molecular weight is 336 g/mol. The third-order valence-electron chi connectivity index (χ3n) is 3.60. The second kappa shape index (κ2) is 7.57. The molecule has 0 bridgehead atoms. The van der Waals surface area contributed by atoms with E-state index < -0.39 is 0 Å². The minimum atomic E-state index is -0.0531. The van der Waals surface area contributed by atoms with E-state index in [1.54, 1.807) is 13.3 Å². The Labute approximate surface area is 145 Å². The van der Waals surface area contributed by atoms with E-state index in [0.29, 0.717) is 18.9 Å². The first kappa shape index (κ1) is 16.6. The molecule has 0 atom stereocenters. The number of H-pyrrole nitrogens is 1. The van der Waals surface area contributed by atoms with E-state index >= 15 is 0 Å². The molecule has 1 aromatic carbocycles. The predicted molar refractivity (Wildman–Crippen MR) is 100 cm³/mol. The molecule has 0 spiro atoms. The Hall–Kier alpha value is -3.22. The van der Waals surface area contributed by atoms with Gasteiger partial charge in [0, 0.05) is 38.8 Å². The molecular formula is C18H20N6O. The zero-order chi connectivity index (χ0) is 17.6. The van der Waals surface area contributed by atoms with Crippen LogP contribution in [0.25, 0.3) is 22.4 Å². The molecule has 7 heteroatoms. The minimum absolute atomic E-state index is 0.0531. The van der Waals surface area contributed by atoms with Crippen LogP contribution in [0.2, 0.25) is 0 Å². The molecule has 0 saturated carbocycles. The van der Waals surface area contributed by atoms with E-state index in [0.717, 1.165) is 28.1 Å². The van der Waals surface area contributed by atoms with Crippen LogP contribution in [-0.4, -0.2) is 47.2 Å². The van der Waals surface area contributed by atoms with Gasteiger partial charge in [-0.25, -0.2) is 9.97 Å². The lowest BCUT2D eigenvalue weighted by molar-refractivity contribution is -0.118. The number of aliphatic imine (C=N–C) groups is 1. The highest BCUT2D eigenvalue weighted by Gasteiger charge is 2.11. The number of nitrogens with zero attached hydrogens (tertiary/aromatic N) is 3. The highest BCUT2D eigenvalue weighted by Crippen LogP contribution is 2.25. The van der Waals surface area contributed by atoms with Crippen LogP contribution >= 0.6 is 0 Å². The highest BCUT2D eigenvalue weighted by atomic mass is 16.1. The summed E-state index contributed by atoms with van der Waals surface area (Å²) < 4.78 is 0. The molecule has 0 aliphatic carbocycles. The van der Waals surface area contributed by atoms with Gasteiger partial charge in [0.2, 0.25) is 5.91 Å². The summed E-state index contributed by atoms with van der Waals surface area (Å²) >= 11 is 0. The Morgan fingerprint density at radius 2 is 2.04 bits per heavy atom. The van der Waals surface area contributed by atoms with Gasteiger partial charge in [-0.3, -0.25) is 9.79 Å². The molecule has 128 valence electrons. The molecule has 0 fully saturated rings. The standard InChI is InChI=1S/C18H20N6O/c1-12(25)20-8-9-21-17-15-10-14(11-19-2)22-18(15)24-16(23-17)13-6-4-3-5-7-13/h3-7,10-11H,8-9H2,1-2H3,(H,20,25)(H2,21,22,23,24)/b19-11+. The lowest BCUT2D eigenvalue weighted by atomic mass is 10.2. The van der Waals surface area contributed by atoms with Gasteiger partial charge in [0.1, 0.15) is 11.5 Å². The number of fused-ring (bicyclic) bond motifs is 1. The van der Waals surface area contributed by atoms with Crippen molar-refractivity contribution in [3.05, 3.63) is 42.1 Å². The van der Waals surface area contributed by atoms with Crippen LogP contribution in [0.3, 0.4) is 0 Å². The van der Waals surface area contributed by atoms with Crippen molar-refractivity contribution in [2.75, 3.05) is 25.5 Å². The molecule has 2 heterocycles. The van der Waals surface area contributed by atoms with Gasteiger partial charge in [-0.15, -0.1) is 0 Å². The quantitative estimate of drug-likeness (QED) is 0.475. The third-order valence-corrected chi connectivity index (χ3v) is 3.60. The summed E-state index contributed by atoms with van der Waals surface area (Å²) in [4.78, 5) is 27.6. The van der Waals surface area contributed by atoms with E-state index in [9.17, 15) is 4.79 Å². The molecule has 3 N–H and O–H groups in total. The van der Waals surface area contributed by atoms with Gasteiger partial charge in [0.05, 0.1) is 11.1 Å². The molecule has 3 rings (SSSR count).